The van der Waals surface area contributed by atoms with E-state index in [2.05, 4.69) is 6.92 Å². The zero-order valence-electron chi connectivity index (χ0n) is 20.3. The van der Waals surface area contributed by atoms with Gasteiger partial charge in [0.15, 0.2) is 0 Å². The van der Waals surface area contributed by atoms with Gasteiger partial charge >= 0.3 is 0 Å². The first-order chi connectivity index (χ1) is 15.7. The van der Waals surface area contributed by atoms with Crippen molar-refractivity contribution in [3.63, 3.8) is 0 Å². The molecule has 0 amide bonds. The Morgan fingerprint density at radius 1 is 0.545 bits per heavy atom. The Morgan fingerprint density at radius 3 is 1.24 bits per heavy atom. The van der Waals surface area contributed by atoms with E-state index < -0.39 is 20.0 Å². The minimum Gasteiger partial charge on any atom is -0.206 e. The van der Waals surface area contributed by atoms with Crippen LogP contribution in [0.3, 0.4) is 0 Å². The van der Waals surface area contributed by atoms with E-state index in [0.717, 1.165) is 30.4 Å². The Bertz CT molecular complexity index is 969. The summed E-state index contributed by atoms with van der Waals surface area (Å²) in [6, 6.07) is 12.6. The molecule has 0 aliphatic carbocycles. The standard InChI is InChI=1S/C26H39NO4S2/c1-4-5-6-7-8-9-10-11-12-13-22-27(32(28,29)25-18-14-23(2)15-19-25)33(30,31)26-20-16-24(3)17-21-26/h14-21H,4-13,22H2,1-3H3. The molecule has 0 fully saturated rings. The molecule has 2 aromatic carbocycles. The van der Waals surface area contributed by atoms with Crippen LogP contribution in [-0.4, -0.2) is 27.1 Å². The molecule has 0 heterocycles. The van der Waals surface area contributed by atoms with Gasteiger partial charge in [0.25, 0.3) is 20.0 Å². The lowest BCUT2D eigenvalue weighted by atomic mass is 10.1. The number of aryl methyl sites for hydroxylation is 2. The predicted molar refractivity (Wildman–Crippen MR) is 135 cm³/mol. The van der Waals surface area contributed by atoms with Crippen molar-refractivity contribution in [2.45, 2.75) is 94.8 Å². The zero-order valence-corrected chi connectivity index (χ0v) is 21.9. The van der Waals surface area contributed by atoms with Crippen LogP contribution < -0.4 is 0 Å². The molecule has 0 aliphatic rings. The van der Waals surface area contributed by atoms with Gasteiger partial charge in [-0.25, -0.2) is 16.8 Å². The maximum atomic E-state index is 13.4. The molecule has 0 spiro atoms. The van der Waals surface area contributed by atoms with Crippen LogP contribution in [0.4, 0.5) is 0 Å². The Hall–Kier alpha value is -1.70. The van der Waals surface area contributed by atoms with Crippen molar-refractivity contribution in [3.05, 3.63) is 59.7 Å². The second kappa shape index (κ2) is 13.3. The highest BCUT2D eigenvalue weighted by molar-refractivity contribution is 8.04. The second-order valence-electron chi connectivity index (χ2n) is 8.81. The smallest absolute Gasteiger partial charge is 0.206 e. The summed E-state index contributed by atoms with van der Waals surface area (Å²) in [5.41, 5.74) is 1.83. The van der Waals surface area contributed by atoms with Gasteiger partial charge in [0.2, 0.25) is 0 Å². The summed E-state index contributed by atoms with van der Waals surface area (Å²) in [6.45, 7) is 5.88. The Kier molecular flexibility index (Phi) is 11.1. The minimum absolute atomic E-state index is 0.00383. The molecule has 33 heavy (non-hydrogen) atoms. The number of hydrogen-bond acceptors (Lipinski definition) is 4. The minimum atomic E-state index is -4.20. The van der Waals surface area contributed by atoms with Crippen molar-refractivity contribution >= 4 is 20.0 Å². The molecule has 184 valence electrons. The van der Waals surface area contributed by atoms with E-state index in [-0.39, 0.29) is 16.3 Å². The summed E-state index contributed by atoms with van der Waals surface area (Å²) in [6.07, 6.45) is 10.9. The highest BCUT2D eigenvalue weighted by atomic mass is 32.3. The van der Waals surface area contributed by atoms with Crippen LogP contribution in [-0.2, 0) is 20.0 Å². The monoisotopic (exact) mass is 493 g/mol. The number of unbranched alkanes of at least 4 members (excludes halogenated alkanes) is 9. The van der Waals surface area contributed by atoms with Crippen molar-refractivity contribution in [2.75, 3.05) is 6.54 Å². The average Bonchev–Trinajstić information content (AvgIpc) is 2.77. The first-order valence-electron chi connectivity index (χ1n) is 12.1. The summed E-state index contributed by atoms with van der Waals surface area (Å²) in [5.74, 6) is 0. The van der Waals surface area contributed by atoms with E-state index in [1.54, 1.807) is 24.3 Å². The van der Waals surface area contributed by atoms with Gasteiger partial charge in [-0.05, 0) is 44.5 Å². The van der Waals surface area contributed by atoms with Crippen LogP contribution in [0, 0.1) is 13.8 Å². The largest absolute Gasteiger partial charge is 0.256 e. The van der Waals surface area contributed by atoms with Crippen LogP contribution in [0.15, 0.2) is 58.3 Å². The van der Waals surface area contributed by atoms with E-state index in [4.69, 9.17) is 0 Å². The highest BCUT2D eigenvalue weighted by Gasteiger charge is 2.36. The number of nitrogens with zero attached hydrogens (tertiary/aromatic N) is 1. The molecule has 0 unspecified atom stereocenters. The van der Waals surface area contributed by atoms with E-state index in [0.29, 0.717) is 10.1 Å². The van der Waals surface area contributed by atoms with Crippen molar-refractivity contribution in [3.8, 4) is 0 Å². The first kappa shape index (κ1) is 27.5. The molecule has 0 saturated carbocycles. The Labute approximate surface area is 201 Å². The van der Waals surface area contributed by atoms with E-state index in [9.17, 15) is 16.8 Å². The molecule has 0 aromatic heterocycles. The van der Waals surface area contributed by atoms with Crippen molar-refractivity contribution in [1.82, 2.24) is 3.71 Å². The Balaban J connectivity index is 2.09. The van der Waals surface area contributed by atoms with Gasteiger partial charge in [0.05, 0.1) is 9.79 Å². The van der Waals surface area contributed by atoms with Gasteiger partial charge in [-0.2, -0.15) is 0 Å². The summed E-state index contributed by atoms with van der Waals surface area (Å²) >= 11 is 0. The van der Waals surface area contributed by atoms with Gasteiger partial charge in [-0.3, -0.25) is 0 Å². The lowest BCUT2D eigenvalue weighted by Crippen LogP contribution is -2.37. The SMILES string of the molecule is CCCCCCCCCCCCN(S(=O)(=O)c1ccc(C)cc1)S(=O)(=O)c1ccc(C)cc1. The van der Waals surface area contributed by atoms with E-state index in [1.807, 2.05) is 13.8 Å². The zero-order chi connectivity index (χ0) is 24.3. The highest BCUT2D eigenvalue weighted by Crippen LogP contribution is 2.26. The molecule has 0 aliphatic heterocycles. The van der Waals surface area contributed by atoms with Crippen LogP contribution >= 0.6 is 0 Å². The van der Waals surface area contributed by atoms with Gasteiger partial charge in [0, 0.05) is 6.54 Å². The number of sulfonamides is 2. The van der Waals surface area contributed by atoms with Gasteiger partial charge in [-0.15, -0.1) is 0 Å². The molecule has 0 radical (unpaired) electrons. The fraction of sp³-hybridized carbons (Fsp3) is 0.538. The summed E-state index contributed by atoms with van der Waals surface area (Å²) in [4.78, 5) is -0.00766. The molecule has 2 aromatic rings. The number of hydrogen-bond donors (Lipinski definition) is 0. The topological polar surface area (TPSA) is 71.5 Å². The lowest BCUT2D eigenvalue weighted by Gasteiger charge is -2.22. The third kappa shape index (κ3) is 8.23. The van der Waals surface area contributed by atoms with Gasteiger partial charge in [-0.1, -0.05) is 104 Å². The fourth-order valence-corrected chi connectivity index (χ4v) is 7.47. The maximum absolute atomic E-state index is 13.4. The van der Waals surface area contributed by atoms with E-state index in [1.165, 1.54) is 62.8 Å². The molecular formula is C26H39NO4S2. The van der Waals surface area contributed by atoms with E-state index >= 15 is 0 Å². The molecule has 2 rings (SSSR count). The van der Waals surface area contributed by atoms with Crippen LogP contribution in [0.25, 0.3) is 0 Å². The summed E-state index contributed by atoms with van der Waals surface area (Å²) in [7, 11) is -8.40. The van der Waals surface area contributed by atoms with Gasteiger partial charge in [0.1, 0.15) is 0 Å². The quantitative estimate of drug-likeness (QED) is 0.262. The Morgan fingerprint density at radius 2 is 0.879 bits per heavy atom. The number of benzene rings is 2. The van der Waals surface area contributed by atoms with Crippen molar-refractivity contribution in [1.29, 1.82) is 0 Å². The normalized spacial score (nSPS) is 12.4. The van der Waals surface area contributed by atoms with Crippen molar-refractivity contribution in [2.24, 2.45) is 0 Å². The average molecular weight is 494 g/mol. The molecule has 7 heteroatoms. The summed E-state index contributed by atoms with van der Waals surface area (Å²) < 4.78 is 54.2. The van der Waals surface area contributed by atoms with Crippen molar-refractivity contribution < 1.29 is 16.8 Å². The molecule has 0 bridgehead atoms. The predicted octanol–water partition coefficient (Wildman–Crippen LogP) is 6.60. The molecule has 0 atom stereocenters. The molecular weight excluding hydrogens is 454 g/mol. The third-order valence-electron chi connectivity index (χ3n) is 5.87. The third-order valence-corrected chi connectivity index (χ3v) is 10.2. The van der Waals surface area contributed by atoms with Crippen LogP contribution in [0.5, 0.6) is 0 Å². The summed E-state index contributed by atoms with van der Waals surface area (Å²) in [5, 5.41) is 0. The first-order valence-corrected chi connectivity index (χ1v) is 15.0. The fourth-order valence-electron chi connectivity index (χ4n) is 3.75. The molecule has 0 saturated heterocycles. The number of rotatable bonds is 15. The molecule has 5 nitrogen and oxygen atoms in total. The van der Waals surface area contributed by atoms with Crippen LogP contribution in [0.2, 0.25) is 0 Å². The maximum Gasteiger partial charge on any atom is 0.256 e. The van der Waals surface area contributed by atoms with Gasteiger partial charge < -0.3 is 0 Å². The van der Waals surface area contributed by atoms with Crippen LogP contribution in [0.1, 0.15) is 82.3 Å². The second-order valence-corrected chi connectivity index (χ2v) is 12.8. The lowest BCUT2D eigenvalue weighted by molar-refractivity contribution is 0.477. The molecule has 0 N–H and O–H groups in total.